The van der Waals surface area contributed by atoms with Crippen molar-refractivity contribution in [3.8, 4) is 0 Å². The van der Waals surface area contributed by atoms with Gasteiger partial charge in [-0.3, -0.25) is 0 Å². The maximum absolute atomic E-state index is 12.9. The van der Waals surface area contributed by atoms with Crippen LogP contribution in [0, 0.1) is 5.82 Å². The Balaban J connectivity index is 2.30. The number of thioether (sulfide) groups is 2. The lowest BCUT2D eigenvalue weighted by Crippen LogP contribution is -2.44. The summed E-state index contributed by atoms with van der Waals surface area (Å²) in [6.07, 6.45) is 1.18. The van der Waals surface area contributed by atoms with Gasteiger partial charge in [-0.2, -0.15) is 0 Å². The van der Waals surface area contributed by atoms with E-state index in [0.717, 1.165) is 17.1 Å². The quantitative estimate of drug-likeness (QED) is 0.888. The number of aliphatic hydroxyl groups is 1. The molecule has 1 atom stereocenters. The van der Waals surface area contributed by atoms with Crippen LogP contribution in [0.15, 0.2) is 24.3 Å². The van der Waals surface area contributed by atoms with E-state index in [0.29, 0.717) is 0 Å². The summed E-state index contributed by atoms with van der Waals surface area (Å²) in [6.45, 7) is 3.90. The summed E-state index contributed by atoms with van der Waals surface area (Å²) in [5, 5.41) is 10.8. The van der Waals surface area contributed by atoms with Crippen molar-refractivity contribution in [3.63, 3.8) is 0 Å². The van der Waals surface area contributed by atoms with E-state index in [2.05, 4.69) is 6.92 Å². The fraction of sp³-hybridized carbons (Fsp3) is 0.538. The molecule has 94 valence electrons. The molecule has 0 aliphatic carbocycles. The maximum atomic E-state index is 12.9. The van der Waals surface area contributed by atoms with Gasteiger partial charge < -0.3 is 5.11 Å². The second kappa shape index (κ2) is 4.82. The minimum absolute atomic E-state index is 0.261. The van der Waals surface area contributed by atoms with Crippen molar-refractivity contribution >= 4 is 23.5 Å². The normalized spacial score (nSPS) is 23.1. The molecule has 1 aromatic carbocycles. The first-order valence-corrected chi connectivity index (χ1v) is 7.69. The number of rotatable bonds is 2. The maximum Gasteiger partial charge on any atom is 0.123 e. The summed E-state index contributed by atoms with van der Waals surface area (Å²) in [5.41, 5.74) is -0.167. The van der Waals surface area contributed by atoms with Gasteiger partial charge in [0, 0.05) is 0 Å². The van der Waals surface area contributed by atoms with Gasteiger partial charge in [0.25, 0.3) is 0 Å². The Morgan fingerprint density at radius 2 is 1.76 bits per heavy atom. The third-order valence-corrected chi connectivity index (χ3v) is 6.92. The van der Waals surface area contributed by atoms with Gasteiger partial charge in [0.1, 0.15) is 11.4 Å². The Hall–Kier alpha value is -0.190. The van der Waals surface area contributed by atoms with Gasteiger partial charge >= 0.3 is 0 Å². The van der Waals surface area contributed by atoms with Gasteiger partial charge in [-0.05, 0) is 49.5 Å². The van der Waals surface area contributed by atoms with Crippen molar-refractivity contribution in [2.75, 3.05) is 11.5 Å². The zero-order valence-electron chi connectivity index (χ0n) is 10.1. The van der Waals surface area contributed by atoms with Crippen LogP contribution in [0.25, 0.3) is 0 Å². The first-order valence-electron chi connectivity index (χ1n) is 5.72. The van der Waals surface area contributed by atoms with Gasteiger partial charge in [-0.1, -0.05) is 12.1 Å². The summed E-state index contributed by atoms with van der Waals surface area (Å²) in [6, 6.07) is 6.17. The Morgan fingerprint density at radius 1 is 1.24 bits per heavy atom. The monoisotopic (exact) mass is 272 g/mol. The van der Waals surface area contributed by atoms with Crippen molar-refractivity contribution in [3.05, 3.63) is 35.6 Å². The lowest BCUT2D eigenvalue weighted by Gasteiger charge is -2.44. The molecule has 2 rings (SSSR count). The van der Waals surface area contributed by atoms with E-state index in [-0.39, 0.29) is 9.90 Å². The highest BCUT2D eigenvalue weighted by Crippen LogP contribution is 2.52. The van der Waals surface area contributed by atoms with Crippen molar-refractivity contribution in [1.29, 1.82) is 0 Å². The molecule has 0 amide bonds. The molecule has 1 aromatic rings. The second-order valence-corrected chi connectivity index (χ2v) is 7.86. The van der Waals surface area contributed by atoms with Crippen LogP contribution >= 0.6 is 23.5 Å². The molecule has 1 nitrogen and oxygen atoms in total. The largest absolute Gasteiger partial charge is 0.383 e. The Labute approximate surface area is 110 Å². The average molecular weight is 272 g/mol. The molecule has 0 aromatic heterocycles. The number of halogens is 1. The van der Waals surface area contributed by atoms with Crippen LogP contribution in [0.3, 0.4) is 0 Å². The fourth-order valence-corrected chi connectivity index (χ4v) is 5.12. The van der Waals surface area contributed by atoms with Crippen LogP contribution in [0.5, 0.6) is 0 Å². The lowest BCUT2D eigenvalue weighted by molar-refractivity contribution is 0.0487. The van der Waals surface area contributed by atoms with Crippen molar-refractivity contribution in [1.82, 2.24) is 0 Å². The lowest BCUT2D eigenvalue weighted by atomic mass is 9.92. The van der Waals surface area contributed by atoms with Crippen LogP contribution < -0.4 is 0 Å². The molecule has 1 saturated heterocycles. The van der Waals surface area contributed by atoms with Gasteiger partial charge in [-0.15, -0.1) is 23.5 Å². The van der Waals surface area contributed by atoms with E-state index in [1.165, 1.54) is 18.6 Å². The molecular weight excluding hydrogens is 255 g/mol. The van der Waals surface area contributed by atoms with Crippen LogP contribution in [0.2, 0.25) is 0 Å². The van der Waals surface area contributed by atoms with Gasteiger partial charge in [0.15, 0.2) is 0 Å². The standard InChI is InChI=1S/C13H17FOS2/c1-12(15,10-4-6-11(14)7-5-10)13(2)16-8-3-9-17-13/h4-7,15H,3,8-9H2,1-2H3. The molecule has 0 spiro atoms. The van der Waals surface area contributed by atoms with Gasteiger partial charge in [0.2, 0.25) is 0 Å². The SMILES string of the molecule is CC1(C(C)(O)c2ccc(F)cc2)SCCCS1. The van der Waals surface area contributed by atoms with E-state index >= 15 is 0 Å². The minimum Gasteiger partial charge on any atom is -0.383 e. The van der Waals surface area contributed by atoms with E-state index < -0.39 is 5.60 Å². The molecule has 1 unspecified atom stereocenters. The minimum atomic E-state index is -0.948. The third-order valence-electron chi connectivity index (χ3n) is 3.33. The van der Waals surface area contributed by atoms with Crippen molar-refractivity contribution in [2.45, 2.75) is 29.9 Å². The molecule has 1 fully saturated rings. The molecule has 0 bridgehead atoms. The zero-order valence-corrected chi connectivity index (χ0v) is 11.7. The third kappa shape index (κ3) is 2.49. The van der Waals surface area contributed by atoms with Crippen LogP contribution in [0.4, 0.5) is 4.39 Å². The molecule has 1 heterocycles. The Bertz CT molecular complexity index is 383. The summed E-state index contributed by atoms with van der Waals surface area (Å²) in [4.78, 5) is 0. The van der Waals surface area contributed by atoms with Crippen molar-refractivity contribution < 1.29 is 9.50 Å². The molecule has 0 saturated carbocycles. The number of hydrogen-bond acceptors (Lipinski definition) is 3. The van der Waals surface area contributed by atoms with Crippen molar-refractivity contribution in [2.24, 2.45) is 0 Å². The highest BCUT2D eigenvalue weighted by Gasteiger charge is 2.46. The predicted molar refractivity (Wildman–Crippen MR) is 73.9 cm³/mol. The summed E-state index contributed by atoms with van der Waals surface area (Å²) in [7, 11) is 0. The summed E-state index contributed by atoms with van der Waals surface area (Å²) >= 11 is 3.58. The van der Waals surface area contributed by atoms with E-state index in [9.17, 15) is 9.50 Å². The van der Waals surface area contributed by atoms with Gasteiger partial charge in [0.05, 0.1) is 4.08 Å². The highest BCUT2D eigenvalue weighted by atomic mass is 32.2. The number of hydrogen-bond donors (Lipinski definition) is 1. The highest BCUT2D eigenvalue weighted by molar-refractivity contribution is 8.18. The molecule has 1 N–H and O–H groups in total. The average Bonchev–Trinajstić information content (AvgIpc) is 2.30. The molecule has 0 radical (unpaired) electrons. The molecule has 17 heavy (non-hydrogen) atoms. The van der Waals surface area contributed by atoms with E-state index in [1.807, 2.05) is 6.92 Å². The van der Waals surface area contributed by atoms with Crippen LogP contribution in [-0.4, -0.2) is 20.7 Å². The topological polar surface area (TPSA) is 20.2 Å². The van der Waals surface area contributed by atoms with Gasteiger partial charge in [-0.25, -0.2) is 4.39 Å². The fourth-order valence-electron chi connectivity index (χ4n) is 1.95. The van der Waals surface area contributed by atoms with E-state index in [1.54, 1.807) is 35.7 Å². The second-order valence-electron chi connectivity index (χ2n) is 4.58. The molecule has 4 heteroatoms. The molecule has 1 aliphatic heterocycles. The van der Waals surface area contributed by atoms with Crippen LogP contribution in [0.1, 0.15) is 25.8 Å². The first kappa shape index (κ1) is 13.2. The summed E-state index contributed by atoms with van der Waals surface area (Å²) < 4.78 is 12.7. The Morgan fingerprint density at radius 3 is 2.29 bits per heavy atom. The molecular formula is C13H17FOS2. The van der Waals surface area contributed by atoms with Crippen LogP contribution in [-0.2, 0) is 5.60 Å². The zero-order chi connectivity index (χ0) is 12.5. The molecule has 1 aliphatic rings. The van der Waals surface area contributed by atoms with E-state index in [4.69, 9.17) is 0 Å². The predicted octanol–water partition coefficient (Wildman–Crippen LogP) is 3.62. The number of benzene rings is 1. The Kier molecular flexibility index (Phi) is 3.76. The summed E-state index contributed by atoms with van der Waals surface area (Å²) in [5.74, 6) is 1.88. The first-order chi connectivity index (χ1) is 7.96. The smallest absolute Gasteiger partial charge is 0.123 e.